The summed E-state index contributed by atoms with van der Waals surface area (Å²) in [7, 11) is 0. The van der Waals surface area contributed by atoms with E-state index in [2.05, 4.69) is 5.32 Å². The third-order valence-electron chi connectivity index (χ3n) is 2.38. The molecule has 0 spiro atoms. The zero-order valence-electron chi connectivity index (χ0n) is 8.50. The summed E-state index contributed by atoms with van der Waals surface area (Å²) in [6.45, 7) is 1.11. The number of halogens is 2. The molecule has 1 N–H and O–H groups in total. The Bertz CT molecular complexity index is 405. The Labute approximate surface area is 91.4 Å². The molecule has 1 saturated heterocycles. The van der Waals surface area contributed by atoms with Crippen molar-refractivity contribution >= 4 is 11.6 Å². The van der Waals surface area contributed by atoms with Crippen LogP contribution in [0.5, 0.6) is 0 Å². The van der Waals surface area contributed by atoms with E-state index >= 15 is 0 Å². The Balaban J connectivity index is 1.96. The molecule has 0 atom stereocenters. The van der Waals surface area contributed by atoms with Crippen LogP contribution < -0.4 is 5.32 Å². The first-order valence-corrected chi connectivity index (χ1v) is 4.98. The highest BCUT2D eigenvalue weighted by Crippen LogP contribution is 2.18. The predicted octanol–water partition coefficient (Wildman–Crippen LogP) is 1.94. The Hall–Kier alpha value is -1.49. The lowest BCUT2D eigenvalue weighted by molar-refractivity contribution is -0.121. The smallest absolute Gasteiger partial charge is 0.224 e. The van der Waals surface area contributed by atoms with Crippen LogP contribution in [-0.4, -0.2) is 19.1 Å². The van der Waals surface area contributed by atoms with Crippen LogP contribution in [0, 0.1) is 17.6 Å². The van der Waals surface area contributed by atoms with Gasteiger partial charge in [0.1, 0.15) is 11.6 Å². The standard InChI is InChI=1S/C11H11F2NO2/c12-8-1-2-9(13)10(4-8)14-11(15)3-7-5-16-6-7/h1-2,4,7H,3,5-6H2,(H,14,15). The number of anilines is 1. The van der Waals surface area contributed by atoms with Gasteiger partial charge in [-0.05, 0) is 12.1 Å². The fourth-order valence-electron chi connectivity index (χ4n) is 1.46. The van der Waals surface area contributed by atoms with E-state index in [4.69, 9.17) is 4.74 Å². The normalized spacial score (nSPS) is 15.6. The molecule has 3 nitrogen and oxygen atoms in total. The maximum Gasteiger partial charge on any atom is 0.224 e. The zero-order chi connectivity index (χ0) is 11.5. The van der Waals surface area contributed by atoms with Crippen molar-refractivity contribution < 1.29 is 18.3 Å². The van der Waals surface area contributed by atoms with Gasteiger partial charge in [-0.2, -0.15) is 0 Å². The minimum absolute atomic E-state index is 0.120. The molecule has 1 amide bonds. The summed E-state index contributed by atoms with van der Waals surface area (Å²) in [6, 6.07) is 2.95. The molecule has 86 valence electrons. The highest BCUT2D eigenvalue weighted by molar-refractivity contribution is 5.91. The summed E-state index contributed by atoms with van der Waals surface area (Å²) in [5, 5.41) is 2.34. The van der Waals surface area contributed by atoms with Crippen LogP contribution in [-0.2, 0) is 9.53 Å². The van der Waals surface area contributed by atoms with Crippen LogP contribution in [0.15, 0.2) is 18.2 Å². The van der Waals surface area contributed by atoms with E-state index in [9.17, 15) is 13.6 Å². The number of ether oxygens (including phenoxy) is 1. The molecule has 0 radical (unpaired) electrons. The van der Waals surface area contributed by atoms with Crippen LogP contribution in [0.25, 0.3) is 0 Å². The van der Waals surface area contributed by atoms with Crippen molar-refractivity contribution in [2.75, 3.05) is 18.5 Å². The number of hydrogen-bond acceptors (Lipinski definition) is 2. The number of hydrogen-bond donors (Lipinski definition) is 1. The summed E-state index contributed by atoms with van der Waals surface area (Å²) >= 11 is 0. The van der Waals surface area contributed by atoms with Crippen LogP contribution in [0.3, 0.4) is 0 Å². The van der Waals surface area contributed by atoms with E-state index < -0.39 is 11.6 Å². The van der Waals surface area contributed by atoms with Crippen molar-refractivity contribution in [3.63, 3.8) is 0 Å². The fourth-order valence-corrected chi connectivity index (χ4v) is 1.46. The van der Waals surface area contributed by atoms with Crippen molar-refractivity contribution in [2.45, 2.75) is 6.42 Å². The fraction of sp³-hybridized carbons (Fsp3) is 0.364. The molecule has 1 heterocycles. The third kappa shape index (κ3) is 2.55. The van der Waals surface area contributed by atoms with E-state index in [1.54, 1.807) is 0 Å². The number of carbonyl (C=O) groups excluding carboxylic acids is 1. The second-order valence-electron chi connectivity index (χ2n) is 3.78. The van der Waals surface area contributed by atoms with Gasteiger partial charge in [0.25, 0.3) is 0 Å². The van der Waals surface area contributed by atoms with Gasteiger partial charge in [0.05, 0.1) is 18.9 Å². The van der Waals surface area contributed by atoms with Crippen LogP contribution in [0.4, 0.5) is 14.5 Å². The van der Waals surface area contributed by atoms with Crippen LogP contribution in [0.2, 0.25) is 0 Å². The van der Waals surface area contributed by atoms with E-state index in [0.29, 0.717) is 13.2 Å². The number of carbonyl (C=O) groups is 1. The highest BCUT2D eigenvalue weighted by Gasteiger charge is 2.22. The van der Waals surface area contributed by atoms with Crippen molar-refractivity contribution in [2.24, 2.45) is 5.92 Å². The van der Waals surface area contributed by atoms with Gasteiger partial charge in [-0.15, -0.1) is 0 Å². The maximum atomic E-state index is 13.2. The second kappa shape index (κ2) is 4.57. The lowest BCUT2D eigenvalue weighted by Crippen LogP contribution is -2.31. The first-order valence-electron chi connectivity index (χ1n) is 4.98. The van der Waals surface area contributed by atoms with Gasteiger partial charge in [-0.25, -0.2) is 8.78 Å². The third-order valence-corrected chi connectivity index (χ3v) is 2.38. The lowest BCUT2D eigenvalue weighted by atomic mass is 10.0. The summed E-state index contributed by atoms with van der Waals surface area (Å²) in [5.41, 5.74) is -0.120. The van der Waals surface area contributed by atoms with E-state index in [1.807, 2.05) is 0 Å². The van der Waals surface area contributed by atoms with Crippen molar-refractivity contribution in [1.29, 1.82) is 0 Å². The first-order chi connectivity index (χ1) is 7.65. The second-order valence-corrected chi connectivity index (χ2v) is 3.78. The summed E-state index contributed by atoms with van der Waals surface area (Å²) in [6.07, 6.45) is 0.274. The molecule has 0 saturated carbocycles. The molecule has 0 aliphatic carbocycles. The van der Waals surface area contributed by atoms with Crippen LogP contribution >= 0.6 is 0 Å². The molecule has 0 bridgehead atoms. The minimum atomic E-state index is -0.639. The van der Waals surface area contributed by atoms with Gasteiger partial charge in [-0.3, -0.25) is 4.79 Å². The van der Waals surface area contributed by atoms with Crippen molar-refractivity contribution in [3.05, 3.63) is 29.8 Å². The minimum Gasteiger partial charge on any atom is -0.381 e. The average Bonchev–Trinajstić information content (AvgIpc) is 2.18. The molecular weight excluding hydrogens is 216 g/mol. The molecular formula is C11H11F2NO2. The quantitative estimate of drug-likeness (QED) is 0.856. The van der Waals surface area contributed by atoms with E-state index in [1.165, 1.54) is 0 Å². The summed E-state index contributed by atoms with van der Waals surface area (Å²) < 4.78 is 30.9. The Kier molecular flexibility index (Phi) is 3.14. The SMILES string of the molecule is O=C(CC1COC1)Nc1cc(F)ccc1F. The monoisotopic (exact) mass is 227 g/mol. The number of rotatable bonds is 3. The van der Waals surface area contributed by atoms with E-state index in [0.717, 1.165) is 18.2 Å². The molecule has 1 fully saturated rings. The molecule has 2 rings (SSSR count). The maximum absolute atomic E-state index is 13.2. The predicted molar refractivity (Wildman–Crippen MR) is 53.9 cm³/mol. The number of nitrogens with one attached hydrogen (secondary N) is 1. The first kappa shape index (κ1) is 11.0. The van der Waals surface area contributed by atoms with Gasteiger partial charge >= 0.3 is 0 Å². The molecule has 1 aliphatic rings. The Morgan fingerprint density at radius 1 is 1.44 bits per heavy atom. The van der Waals surface area contributed by atoms with Gasteiger partial charge in [0, 0.05) is 18.4 Å². The number of amides is 1. The van der Waals surface area contributed by atoms with Gasteiger partial charge in [0.2, 0.25) is 5.91 Å². The topological polar surface area (TPSA) is 38.3 Å². The van der Waals surface area contributed by atoms with Crippen LogP contribution in [0.1, 0.15) is 6.42 Å². The summed E-state index contributed by atoms with van der Waals surface area (Å²) in [5.74, 6) is -1.35. The Morgan fingerprint density at radius 2 is 2.19 bits per heavy atom. The van der Waals surface area contributed by atoms with E-state index in [-0.39, 0.29) is 23.9 Å². The molecule has 0 unspecified atom stereocenters. The molecule has 0 aromatic heterocycles. The Morgan fingerprint density at radius 3 is 2.81 bits per heavy atom. The average molecular weight is 227 g/mol. The molecule has 1 aromatic rings. The van der Waals surface area contributed by atoms with Gasteiger partial charge in [-0.1, -0.05) is 0 Å². The molecule has 16 heavy (non-hydrogen) atoms. The van der Waals surface area contributed by atoms with Gasteiger partial charge < -0.3 is 10.1 Å². The largest absolute Gasteiger partial charge is 0.381 e. The summed E-state index contributed by atoms with van der Waals surface area (Å²) in [4.78, 5) is 11.4. The van der Waals surface area contributed by atoms with Gasteiger partial charge in [0.15, 0.2) is 0 Å². The number of benzene rings is 1. The molecule has 1 aliphatic heterocycles. The zero-order valence-corrected chi connectivity index (χ0v) is 8.50. The highest BCUT2D eigenvalue weighted by atomic mass is 19.1. The van der Waals surface area contributed by atoms with Crippen molar-refractivity contribution in [1.82, 2.24) is 0 Å². The van der Waals surface area contributed by atoms with Crippen molar-refractivity contribution in [3.8, 4) is 0 Å². The lowest BCUT2D eigenvalue weighted by Gasteiger charge is -2.25. The molecule has 1 aromatic carbocycles. The molecule has 5 heteroatoms.